The molecule has 4 unspecified atom stereocenters. The van der Waals surface area contributed by atoms with Crippen molar-refractivity contribution in [3.05, 3.63) is 35.9 Å². The summed E-state index contributed by atoms with van der Waals surface area (Å²) >= 11 is 0. The highest BCUT2D eigenvalue weighted by Crippen LogP contribution is 2.31. The zero-order chi connectivity index (χ0) is 19.4. The molecule has 4 atom stereocenters. The number of hydrogen-bond acceptors (Lipinski definition) is 3. The van der Waals surface area contributed by atoms with Crippen molar-refractivity contribution in [3.63, 3.8) is 0 Å². The number of unbranched alkanes of at least 4 members (excludes halogenated alkanes) is 7. The van der Waals surface area contributed by atoms with Crippen molar-refractivity contribution in [2.75, 3.05) is 0 Å². The molecule has 0 heterocycles. The fourth-order valence-electron chi connectivity index (χ4n) is 4.00. The second kappa shape index (κ2) is 12.5. The van der Waals surface area contributed by atoms with Gasteiger partial charge >= 0.3 is 0 Å². The van der Waals surface area contributed by atoms with Gasteiger partial charge in [-0.3, -0.25) is 0 Å². The van der Waals surface area contributed by atoms with Crippen LogP contribution in [0.15, 0.2) is 30.3 Å². The maximum Gasteiger partial charge on any atom is 0.0698 e. The SMILES string of the molecule is CCCCCCCCCCC(C(C)O)C(N)(Cc1ccccc1)C(C)O. The molecule has 1 aromatic rings. The minimum atomic E-state index is -0.809. The summed E-state index contributed by atoms with van der Waals surface area (Å²) in [4.78, 5) is 0. The number of benzene rings is 1. The molecule has 0 spiro atoms. The van der Waals surface area contributed by atoms with Crippen LogP contribution >= 0.6 is 0 Å². The summed E-state index contributed by atoms with van der Waals surface area (Å²) in [7, 11) is 0. The lowest BCUT2D eigenvalue weighted by atomic mass is 9.71. The number of aliphatic hydroxyl groups excluding tert-OH is 2. The van der Waals surface area contributed by atoms with E-state index in [4.69, 9.17) is 5.73 Å². The van der Waals surface area contributed by atoms with Crippen LogP contribution in [0.4, 0.5) is 0 Å². The molecular formula is C23H41NO2. The van der Waals surface area contributed by atoms with Gasteiger partial charge in [0.15, 0.2) is 0 Å². The molecule has 1 rings (SSSR count). The van der Waals surface area contributed by atoms with Crippen molar-refractivity contribution < 1.29 is 10.2 Å². The zero-order valence-electron chi connectivity index (χ0n) is 17.2. The van der Waals surface area contributed by atoms with Crippen molar-refractivity contribution in [3.8, 4) is 0 Å². The molecule has 0 saturated carbocycles. The lowest BCUT2D eigenvalue weighted by Crippen LogP contribution is -2.60. The Bertz CT molecular complexity index is 461. The molecule has 0 saturated heterocycles. The molecule has 0 aliphatic heterocycles. The standard InChI is InChI=1S/C23H41NO2/c1-4-5-6-7-8-9-10-14-17-22(19(2)25)23(24,20(3)26)18-21-15-12-11-13-16-21/h11-13,15-16,19-20,22,25-26H,4-10,14,17-18,24H2,1-3H3. The molecule has 4 N–H and O–H groups in total. The van der Waals surface area contributed by atoms with E-state index in [1.165, 1.54) is 44.9 Å². The average Bonchev–Trinajstić information content (AvgIpc) is 2.60. The first kappa shape index (κ1) is 23.1. The molecule has 0 fully saturated rings. The third-order valence-electron chi connectivity index (χ3n) is 5.77. The molecule has 0 bridgehead atoms. The zero-order valence-corrected chi connectivity index (χ0v) is 17.2. The Balaban J connectivity index is 2.57. The quantitative estimate of drug-likeness (QED) is 0.415. The third kappa shape index (κ3) is 7.77. The minimum absolute atomic E-state index is 0.109. The van der Waals surface area contributed by atoms with E-state index < -0.39 is 17.7 Å². The van der Waals surface area contributed by atoms with Crippen molar-refractivity contribution in [1.82, 2.24) is 0 Å². The summed E-state index contributed by atoms with van der Waals surface area (Å²) in [5.74, 6) is -0.109. The Hall–Kier alpha value is -0.900. The molecule has 0 amide bonds. The van der Waals surface area contributed by atoms with E-state index in [0.29, 0.717) is 6.42 Å². The van der Waals surface area contributed by atoms with Crippen LogP contribution in [0.1, 0.15) is 84.1 Å². The first-order valence-corrected chi connectivity index (χ1v) is 10.6. The summed E-state index contributed by atoms with van der Waals surface area (Å²) in [5.41, 5.74) is 7.00. The van der Waals surface area contributed by atoms with E-state index in [2.05, 4.69) is 6.92 Å². The largest absolute Gasteiger partial charge is 0.393 e. The Labute approximate surface area is 161 Å². The van der Waals surface area contributed by atoms with Crippen LogP contribution in [0, 0.1) is 5.92 Å². The Kier molecular flexibility index (Phi) is 11.1. The second-order valence-corrected chi connectivity index (χ2v) is 8.06. The predicted octanol–water partition coefficient (Wildman–Crippen LogP) is 4.84. The van der Waals surface area contributed by atoms with Gasteiger partial charge in [0.05, 0.1) is 17.7 Å². The highest BCUT2D eigenvalue weighted by atomic mass is 16.3. The monoisotopic (exact) mass is 363 g/mol. The average molecular weight is 364 g/mol. The number of hydrogen-bond donors (Lipinski definition) is 3. The van der Waals surface area contributed by atoms with Crippen LogP contribution < -0.4 is 5.73 Å². The van der Waals surface area contributed by atoms with Gasteiger partial charge in [-0.25, -0.2) is 0 Å². The summed E-state index contributed by atoms with van der Waals surface area (Å²) in [6, 6.07) is 10.1. The van der Waals surface area contributed by atoms with Gasteiger partial charge < -0.3 is 15.9 Å². The van der Waals surface area contributed by atoms with Crippen molar-refractivity contribution in [2.45, 2.75) is 103 Å². The summed E-state index contributed by atoms with van der Waals surface area (Å²) < 4.78 is 0. The van der Waals surface area contributed by atoms with E-state index in [-0.39, 0.29) is 5.92 Å². The summed E-state index contributed by atoms with van der Waals surface area (Å²) in [5, 5.41) is 20.8. The first-order valence-electron chi connectivity index (χ1n) is 10.6. The van der Waals surface area contributed by atoms with E-state index in [0.717, 1.165) is 18.4 Å². The molecule has 150 valence electrons. The lowest BCUT2D eigenvalue weighted by molar-refractivity contribution is -0.00353. The highest BCUT2D eigenvalue weighted by molar-refractivity contribution is 5.19. The molecule has 26 heavy (non-hydrogen) atoms. The van der Waals surface area contributed by atoms with E-state index in [9.17, 15) is 10.2 Å². The van der Waals surface area contributed by atoms with Crippen LogP contribution in [-0.2, 0) is 6.42 Å². The number of aliphatic hydroxyl groups is 2. The minimum Gasteiger partial charge on any atom is -0.393 e. The summed E-state index contributed by atoms with van der Waals surface area (Å²) in [6.45, 7) is 5.81. The van der Waals surface area contributed by atoms with Crippen LogP contribution in [0.25, 0.3) is 0 Å². The smallest absolute Gasteiger partial charge is 0.0698 e. The molecule has 3 nitrogen and oxygen atoms in total. The molecular weight excluding hydrogens is 322 g/mol. The van der Waals surface area contributed by atoms with Gasteiger partial charge in [-0.05, 0) is 32.3 Å². The van der Waals surface area contributed by atoms with E-state index >= 15 is 0 Å². The summed E-state index contributed by atoms with van der Waals surface area (Å²) in [6.07, 6.45) is 10.3. The Morgan fingerprint density at radius 2 is 1.42 bits per heavy atom. The predicted molar refractivity (Wildman–Crippen MR) is 111 cm³/mol. The normalized spacial score (nSPS) is 17.5. The molecule has 0 radical (unpaired) electrons. The van der Waals surface area contributed by atoms with Crippen LogP contribution in [-0.4, -0.2) is 28.0 Å². The van der Waals surface area contributed by atoms with Gasteiger partial charge in [0.1, 0.15) is 0 Å². The fraction of sp³-hybridized carbons (Fsp3) is 0.739. The molecule has 1 aromatic carbocycles. The van der Waals surface area contributed by atoms with Crippen molar-refractivity contribution in [2.24, 2.45) is 11.7 Å². The van der Waals surface area contributed by atoms with E-state index in [1.54, 1.807) is 6.92 Å². The van der Waals surface area contributed by atoms with Crippen molar-refractivity contribution >= 4 is 0 Å². The van der Waals surface area contributed by atoms with Gasteiger partial charge in [0, 0.05) is 5.92 Å². The molecule has 3 heteroatoms. The Morgan fingerprint density at radius 1 is 0.885 bits per heavy atom. The van der Waals surface area contributed by atoms with Crippen LogP contribution in [0.5, 0.6) is 0 Å². The first-order chi connectivity index (χ1) is 12.4. The molecule has 0 aliphatic rings. The topological polar surface area (TPSA) is 66.5 Å². The number of rotatable bonds is 14. The molecule has 0 aromatic heterocycles. The molecule has 0 aliphatic carbocycles. The number of nitrogens with two attached hydrogens (primary N) is 1. The van der Waals surface area contributed by atoms with Crippen LogP contribution in [0.3, 0.4) is 0 Å². The highest BCUT2D eigenvalue weighted by Gasteiger charge is 2.41. The van der Waals surface area contributed by atoms with Crippen molar-refractivity contribution in [1.29, 1.82) is 0 Å². The van der Waals surface area contributed by atoms with Gasteiger partial charge in [-0.2, -0.15) is 0 Å². The van der Waals surface area contributed by atoms with Crippen LogP contribution in [0.2, 0.25) is 0 Å². The van der Waals surface area contributed by atoms with Gasteiger partial charge in [-0.15, -0.1) is 0 Å². The maximum atomic E-state index is 10.4. The van der Waals surface area contributed by atoms with Gasteiger partial charge in [0.2, 0.25) is 0 Å². The maximum absolute atomic E-state index is 10.4. The van der Waals surface area contributed by atoms with Gasteiger partial charge in [0.25, 0.3) is 0 Å². The second-order valence-electron chi connectivity index (χ2n) is 8.06. The lowest BCUT2D eigenvalue weighted by Gasteiger charge is -2.42. The van der Waals surface area contributed by atoms with E-state index in [1.807, 2.05) is 37.3 Å². The fourth-order valence-corrected chi connectivity index (χ4v) is 4.00. The van der Waals surface area contributed by atoms with Gasteiger partial charge in [-0.1, -0.05) is 88.6 Å². The third-order valence-corrected chi connectivity index (χ3v) is 5.77. The Morgan fingerprint density at radius 3 is 1.92 bits per heavy atom.